The predicted octanol–water partition coefficient (Wildman–Crippen LogP) is 7.59. The van der Waals surface area contributed by atoms with Gasteiger partial charge in [0.1, 0.15) is 30.0 Å². The Kier molecular flexibility index (Phi) is 8.80. The van der Waals surface area contributed by atoms with Gasteiger partial charge in [-0.3, -0.25) is 4.90 Å². The van der Waals surface area contributed by atoms with Crippen LogP contribution >= 0.6 is 11.3 Å². The van der Waals surface area contributed by atoms with Gasteiger partial charge in [0.05, 0.1) is 0 Å². The number of fused-ring (bicyclic) bond motifs is 1. The van der Waals surface area contributed by atoms with Crippen molar-refractivity contribution in [2.75, 3.05) is 40.3 Å². The van der Waals surface area contributed by atoms with Crippen LogP contribution in [-0.2, 0) is 6.42 Å². The molecule has 1 aliphatic carbocycles. The highest BCUT2D eigenvalue weighted by Gasteiger charge is 2.28. The number of phenolic OH excluding ortho intramolecular Hbond substituents is 1. The molecule has 6 rings (SSSR count). The van der Waals surface area contributed by atoms with Crippen LogP contribution in [0, 0.1) is 0 Å². The molecule has 1 N–H and O–H groups in total. The van der Waals surface area contributed by atoms with E-state index in [0.29, 0.717) is 11.8 Å². The summed E-state index contributed by atoms with van der Waals surface area (Å²) >= 11 is 1.74. The Hall–Kier alpha value is -3.06. The van der Waals surface area contributed by atoms with Crippen molar-refractivity contribution in [1.82, 2.24) is 9.80 Å². The van der Waals surface area contributed by atoms with E-state index < -0.39 is 0 Å². The molecular weight excluding hydrogens is 528 g/mol. The van der Waals surface area contributed by atoms with E-state index in [1.165, 1.54) is 72.1 Å². The minimum Gasteiger partial charge on any atom is -0.508 e. The lowest BCUT2D eigenvalue weighted by atomic mass is 9.91. The Morgan fingerprint density at radius 1 is 0.878 bits per heavy atom. The standard InChI is InChI=1S/C35H42N2O3S/c1-36(2)32-7-3-4-8-33(32)40-29-14-9-25(10-15-29)23-31-30-18-13-27(38)24-34(30)41-35(31)26-11-16-28(17-12-26)39-22-21-37-19-5-6-20-37/h9-18,24,32-33,38H,3-8,19-23H2,1-2H3/t32-,33-/m0/s1. The Morgan fingerprint density at radius 2 is 1.61 bits per heavy atom. The lowest BCUT2D eigenvalue weighted by Crippen LogP contribution is -2.44. The molecule has 2 heterocycles. The van der Waals surface area contributed by atoms with Crippen molar-refractivity contribution in [3.8, 4) is 27.7 Å². The van der Waals surface area contributed by atoms with Gasteiger partial charge in [-0.15, -0.1) is 11.3 Å². The minimum absolute atomic E-state index is 0.247. The first-order chi connectivity index (χ1) is 20.0. The average molecular weight is 571 g/mol. The Bertz CT molecular complexity index is 1420. The van der Waals surface area contributed by atoms with Gasteiger partial charge in [-0.1, -0.05) is 18.6 Å². The first-order valence-electron chi connectivity index (χ1n) is 15.2. The number of rotatable bonds is 10. The van der Waals surface area contributed by atoms with Crippen LogP contribution in [0.3, 0.4) is 0 Å². The van der Waals surface area contributed by atoms with Gasteiger partial charge in [0.2, 0.25) is 0 Å². The summed E-state index contributed by atoms with van der Waals surface area (Å²) in [5, 5.41) is 11.4. The van der Waals surface area contributed by atoms with Gasteiger partial charge in [0.25, 0.3) is 0 Å². The van der Waals surface area contributed by atoms with Crippen LogP contribution in [0.5, 0.6) is 17.2 Å². The fourth-order valence-corrected chi connectivity index (χ4v) is 7.68. The van der Waals surface area contributed by atoms with E-state index in [0.717, 1.165) is 42.2 Å². The van der Waals surface area contributed by atoms with Gasteiger partial charge in [0, 0.05) is 22.2 Å². The molecule has 41 heavy (non-hydrogen) atoms. The summed E-state index contributed by atoms with van der Waals surface area (Å²) < 4.78 is 13.6. The molecule has 0 spiro atoms. The number of likely N-dealkylation sites (N-methyl/N-ethyl adjacent to an activating group) is 1. The minimum atomic E-state index is 0.247. The van der Waals surface area contributed by atoms with Gasteiger partial charge in [-0.2, -0.15) is 0 Å². The van der Waals surface area contributed by atoms with Crippen molar-refractivity contribution in [1.29, 1.82) is 0 Å². The average Bonchev–Trinajstić information content (AvgIpc) is 3.62. The van der Waals surface area contributed by atoms with E-state index in [1.807, 2.05) is 6.07 Å². The number of hydrogen-bond acceptors (Lipinski definition) is 6. The summed E-state index contributed by atoms with van der Waals surface area (Å²) in [6, 6.07) is 23.4. The molecule has 1 saturated carbocycles. The van der Waals surface area contributed by atoms with Crippen LogP contribution in [0.25, 0.3) is 20.5 Å². The van der Waals surface area contributed by atoms with Crippen molar-refractivity contribution in [3.63, 3.8) is 0 Å². The molecule has 0 radical (unpaired) electrons. The summed E-state index contributed by atoms with van der Waals surface area (Å²) in [6.45, 7) is 4.11. The summed E-state index contributed by atoms with van der Waals surface area (Å²) in [5.41, 5.74) is 3.72. The number of aromatic hydroxyl groups is 1. The maximum Gasteiger partial charge on any atom is 0.119 e. The molecule has 4 aromatic rings. The van der Waals surface area contributed by atoms with Gasteiger partial charge in [0.15, 0.2) is 0 Å². The topological polar surface area (TPSA) is 45.2 Å². The molecule has 0 unspecified atom stereocenters. The second-order valence-electron chi connectivity index (χ2n) is 11.8. The van der Waals surface area contributed by atoms with Crippen LogP contribution in [-0.4, -0.2) is 67.4 Å². The number of likely N-dealkylation sites (tertiary alicyclic amines) is 1. The largest absolute Gasteiger partial charge is 0.508 e. The monoisotopic (exact) mass is 570 g/mol. The second kappa shape index (κ2) is 12.8. The summed E-state index contributed by atoms with van der Waals surface area (Å²) in [6.07, 6.45) is 8.51. The fraction of sp³-hybridized carbons (Fsp3) is 0.429. The number of thiophene rings is 1. The predicted molar refractivity (Wildman–Crippen MR) is 170 cm³/mol. The zero-order valence-electron chi connectivity index (χ0n) is 24.4. The third-order valence-corrected chi connectivity index (χ3v) is 9.93. The van der Waals surface area contributed by atoms with Crippen LogP contribution in [0.1, 0.15) is 49.7 Å². The Balaban J connectivity index is 1.19. The van der Waals surface area contributed by atoms with E-state index in [9.17, 15) is 5.11 Å². The van der Waals surface area contributed by atoms with Crippen LogP contribution < -0.4 is 9.47 Å². The molecule has 0 amide bonds. The molecule has 2 aliphatic rings. The molecule has 1 aromatic heterocycles. The highest BCUT2D eigenvalue weighted by Crippen LogP contribution is 2.41. The molecular formula is C35H42N2O3S. The number of phenols is 1. The summed E-state index contributed by atoms with van der Waals surface area (Å²) in [5.74, 6) is 2.17. The van der Waals surface area contributed by atoms with E-state index in [4.69, 9.17) is 9.47 Å². The second-order valence-corrected chi connectivity index (χ2v) is 12.9. The highest BCUT2D eigenvalue weighted by atomic mass is 32.1. The zero-order chi connectivity index (χ0) is 28.2. The Labute approximate surface area is 248 Å². The van der Waals surface area contributed by atoms with Gasteiger partial charge in [-0.05, 0) is 142 Å². The molecule has 2 fully saturated rings. The maximum atomic E-state index is 10.2. The lowest BCUT2D eigenvalue weighted by molar-refractivity contribution is 0.0622. The van der Waals surface area contributed by atoms with Gasteiger partial charge >= 0.3 is 0 Å². The summed E-state index contributed by atoms with van der Waals surface area (Å²) in [4.78, 5) is 6.03. The van der Waals surface area contributed by atoms with Crippen LogP contribution in [0.2, 0.25) is 0 Å². The lowest BCUT2D eigenvalue weighted by Gasteiger charge is -2.36. The molecule has 6 heteroatoms. The van der Waals surface area contributed by atoms with Crippen LogP contribution in [0.15, 0.2) is 66.7 Å². The summed E-state index contributed by atoms with van der Waals surface area (Å²) in [7, 11) is 4.32. The third kappa shape index (κ3) is 6.72. The molecule has 3 aromatic carbocycles. The van der Waals surface area contributed by atoms with Crippen molar-refractivity contribution in [2.24, 2.45) is 0 Å². The maximum absolute atomic E-state index is 10.2. The van der Waals surface area contributed by atoms with Gasteiger partial charge < -0.3 is 19.5 Å². The van der Waals surface area contributed by atoms with Crippen molar-refractivity contribution in [2.45, 2.75) is 57.1 Å². The van der Waals surface area contributed by atoms with Crippen molar-refractivity contribution < 1.29 is 14.6 Å². The first-order valence-corrected chi connectivity index (χ1v) is 16.0. The normalized spacial score (nSPS) is 19.7. The number of benzene rings is 3. The Morgan fingerprint density at radius 3 is 2.37 bits per heavy atom. The van der Waals surface area contributed by atoms with E-state index in [1.54, 1.807) is 17.4 Å². The zero-order valence-corrected chi connectivity index (χ0v) is 25.2. The van der Waals surface area contributed by atoms with Gasteiger partial charge in [-0.25, -0.2) is 0 Å². The fourth-order valence-electron chi connectivity index (χ4n) is 6.42. The number of ether oxygens (including phenoxy) is 2. The third-order valence-electron chi connectivity index (χ3n) is 8.69. The SMILES string of the molecule is CN(C)[C@H]1CCCC[C@@H]1Oc1ccc(Cc2c(-c3ccc(OCCN4CCCC4)cc3)sc3cc(O)ccc23)cc1. The van der Waals surface area contributed by atoms with E-state index >= 15 is 0 Å². The number of hydrogen-bond donors (Lipinski definition) is 1. The smallest absolute Gasteiger partial charge is 0.119 e. The molecule has 1 aliphatic heterocycles. The van der Waals surface area contributed by atoms with E-state index in [-0.39, 0.29) is 6.10 Å². The highest BCUT2D eigenvalue weighted by molar-refractivity contribution is 7.22. The molecule has 5 nitrogen and oxygen atoms in total. The molecule has 1 saturated heterocycles. The molecule has 216 valence electrons. The van der Waals surface area contributed by atoms with Crippen molar-refractivity contribution >= 4 is 21.4 Å². The quantitative estimate of drug-likeness (QED) is 0.213. The number of nitrogens with zero attached hydrogens (tertiary/aromatic N) is 2. The molecule has 2 atom stereocenters. The van der Waals surface area contributed by atoms with Crippen molar-refractivity contribution in [3.05, 3.63) is 77.9 Å². The van der Waals surface area contributed by atoms with E-state index in [2.05, 4.69) is 78.5 Å². The first kappa shape index (κ1) is 28.1. The molecule has 0 bridgehead atoms. The van der Waals surface area contributed by atoms with Crippen LogP contribution in [0.4, 0.5) is 0 Å².